The van der Waals surface area contributed by atoms with Crippen molar-refractivity contribution in [3.8, 4) is 0 Å². The first kappa shape index (κ1) is 8.53. The maximum absolute atomic E-state index is 11.5. The number of nitrogens with one attached hydrogen (secondary N) is 1. The minimum atomic E-state index is -0.173. The number of carbonyl (C=O) groups is 2. The van der Waals surface area contributed by atoms with Crippen LogP contribution >= 0.6 is 0 Å². The van der Waals surface area contributed by atoms with E-state index in [1.807, 2.05) is 0 Å². The van der Waals surface area contributed by atoms with Crippen LogP contribution in [0.15, 0.2) is 0 Å². The van der Waals surface area contributed by atoms with Crippen molar-refractivity contribution < 1.29 is 9.59 Å². The highest BCUT2D eigenvalue weighted by molar-refractivity contribution is 5.88. The van der Waals surface area contributed by atoms with Gasteiger partial charge in [0.25, 0.3) is 0 Å². The molecule has 0 spiro atoms. The van der Waals surface area contributed by atoms with Crippen LogP contribution in [0.5, 0.6) is 0 Å². The summed E-state index contributed by atoms with van der Waals surface area (Å²) in [6, 6.07) is -0.173. The van der Waals surface area contributed by atoms with Gasteiger partial charge in [-0.2, -0.15) is 0 Å². The molecule has 0 unspecified atom stereocenters. The van der Waals surface area contributed by atoms with E-state index in [1.165, 1.54) is 0 Å². The summed E-state index contributed by atoms with van der Waals surface area (Å²) >= 11 is 0. The average molecular weight is 182 g/mol. The molecule has 1 atom stereocenters. The highest BCUT2D eigenvalue weighted by Gasteiger charge is 2.34. The lowest BCUT2D eigenvalue weighted by Gasteiger charge is -2.26. The summed E-state index contributed by atoms with van der Waals surface area (Å²) in [6.07, 6.45) is 3.14. The minimum absolute atomic E-state index is 0.0329. The number of carbonyl (C=O) groups excluding carboxylic acids is 2. The van der Waals surface area contributed by atoms with E-state index in [9.17, 15) is 9.59 Å². The number of hydrogen-bond acceptors (Lipinski definition) is 2. The lowest BCUT2D eigenvalue weighted by molar-refractivity contribution is -0.139. The fraction of sp³-hybridized carbons (Fsp3) is 0.778. The van der Waals surface area contributed by atoms with Gasteiger partial charge >= 0.3 is 0 Å². The van der Waals surface area contributed by atoms with Crippen LogP contribution in [0.2, 0.25) is 0 Å². The molecule has 1 N–H and O–H groups in total. The minimum Gasteiger partial charge on any atom is -0.354 e. The van der Waals surface area contributed by atoms with Crippen molar-refractivity contribution >= 4 is 11.8 Å². The molecule has 4 heteroatoms. The first-order valence-corrected chi connectivity index (χ1v) is 4.86. The number of nitrogens with zero attached hydrogens (tertiary/aromatic N) is 1. The zero-order chi connectivity index (χ0) is 9.26. The zero-order valence-corrected chi connectivity index (χ0v) is 7.58. The summed E-state index contributed by atoms with van der Waals surface area (Å²) in [7, 11) is 0. The zero-order valence-electron chi connectivity index (χ0n) is 7.58. The van der Waals surface area contributed by atoms with Gasteiger partial charge in [-0.3, -0.25) is 9.59 Å². The van der Waals surface area contributed by atoms with E-state index in [1.54, 1.807) is 4.90 Å². The highest BCUT2D eigenvalue weighted by Crippen LogP contribution is 2.19. The molecule has 0 aromatic heterocycles. The van der Waals surface area contributed by atoms with Crippen LogP contribution in [0.3, 0.4) is 0 Å². The third-order valence-corrected chi connectivity index (χ3v) is 2.74. The van der Waals surface area contributed by atoms with Crippen LogP contribution in [0, 0.1) is 0 Å². The molecular weight excluding hydrogens is 168 g/mol. The first-order valence-electron chi connectivity index (χ1n) is 4.86. The van der Waals surface area contributed by atoms with Crippen molar-refractivity contribution in [2.24, 2.45) is 0 Å². The van der Waals surface area contributed by atoms with Crippen LogP contribution in [0.4, 0.5) is 0 Å². The van der Waals surface area contributed by atoms with E-state index in [-0.39, 0.29) is 17.9 Å². The number of amides is 2. The van der Waals surface area contributed by atoms with Gasteiger partial charge in [0.05, 0.1) is 0 Å². The van der Waals surface area contributed by atoms with Crippen molar-refractivity contribution in [2.45, 2.75) is 31.7 Å². The SMILES string of the molecule is O=C1NCCCC(=O)N2CCC[C@@H]12. The second-order valence-electron chi connectivity index (χ2n) is 3.64. The molecule has 4 nitrogen and oxygen atoms in total. The molecule has 0 radical (unpaired) electrons. The molecule has 0 saturated carbocycles. The Labute approximate surface area is 77.3 Å². The van der Waals surface area contributed by atoms with Gasteiger partial charge in [0.2, 0.25) is 11.8 Å². The van der Waals surface area contributed by atoms with Crippen LogP contribution in [0.1, 0.15) is 25.7 Å². The Kier molecular flexibility index (Phi) is 2.20. The lowest BCUT2D eigenvalue weighted by Crippen LogP contribution is -2.48. The van der Waals surface area contributed by atoms with Crippen molar-refractivity contribution in [3.63, 3.8) is 0 Å². The summed E-state index contributed by atoms with van der Waals surface area (Å²) in [5.41, 5.74) is 0. The van der Waals surface area contributed by atoms with Gasteiger partial charge in [-0.1, -0.05) is 0 Å². The maximum Gasteiger partial charge on any atom is 0.242 e. The maximum atomic E-state index is 11.5. The molecular formula is C9H14N2O2. The van der Waals surface area contributed by atoms with E-state index in [2.05, 4.69) is 5.32 Å². The third-order valence-electron chi connectivity index (χ3n) is 2.74. The fourth-order valence-corrected chi connectivity index (χ4v) is 2.05. The third kappa shape index (κ3) is 1.53. The van der Waals surface area contributed by atoms with Crippen LogP contribution in [0.25, 0.3) is 0 Å². The smallest absolute Gasteiger partial charge is 0.242 e. The van der Waals surface area contributed by atoms with Crippen molar-refractivity contribution in [3.05, 3.63) is 0 Å². The van der Waals surface area contributed by atoms with Gasteiger partial charge < -0.3 is 10.2 Å². The monoisotopic (exact) mass is 182 g/mol. The predicted octanol–water partition coefficient (Wildman–Crippen LogP) is -0.113. The molecule has 2 fully saturated rings. The molecule has 2 aliphatic rings. The summed E-state index contributed by atoms with van der Waals surface area (Å²) < 4.78 is 0. The van der Waals surface area contributed by atoms with Gasteiger partial charge in [0.15, 0.2) is 0 Å². The summed E-state index contributed by atoms with van der Waals surface area (Å²) in [4.78, 5) is 24.8. The van der Waals surface area contributed by atoms with Gasteiger partial charge in [0.1, 0.15) is 6.04 Å². The van der Waals surface area contributed by atoms with Gasteiger partial charge in [-0.25, -0.2) is 0 Å². The van der Waals surface area contributed by atoms with Crippen LogP contribution in [-0.2, 0) is 9.59 Å². The molecule has 2 amide bonds. The molecule has 72 valence electrons. The van der Waals surface area contributed by atoms with E-state index >= 15 is 0 Å². The Hall–Kier alpha value is -1.06. The molecule has 13 heavy (non-hydrogen) atoms. The van der Waals surface area contributed by atoms with Crippen LogP contribution in [-0.4, -0.2) is 35.8 Å². The second-order valence-corrected chi connectivity index (χ2v) is 3.64. The van der Waals surface area contributed by atoms with E-state index in [4.69, 9.17) is 0 Å². The molecule has 2 heterocycles. The molecule has 2 rings (SSSR count). The van der Waals surface area contributed by atoms with E-state index in [0.717, 1.165) is 25.8 Å². The number of hydrogen-bond donors (Lipinski definition) is 1. The van der Waals surface area contributed by atoms with Gasteiger partial charge in [-0.05, 0) is 19.3 Å². The molecule has 2 aliphatic heterocycles. The summed E-state index contributed by atoms with van der Waals surface area (Å²) in [6.45, 7) is 1.41. The molecule has 2 saturated heterocycles. The fourth-order valence-electron chi connectivity index (χ4n) is 2.05. The first-order chi connectivity index (χ1) is 6.29. The summed E-state index contributed by atoms with van der Waals surface area (Å²) in [5.74, 6) is 0.183. The second kappa shape index (κ2) is 3.36. The molecule has 0 aromatic carbocycles. The summed E-state index contributed by atoms with van der Waals surface area (Å²) in [5, 5.41) is 2.84. The number of rotatable bonds is 0. The molecule has 0 aliphatic carbocycles. The molecule has 0 aromatic rings. The van der Waals surface area contributed by atoms with Crippen molar-refractivity contribution in [1.82, 2.24) is 10.2 Å². The topological polar surface area (TPSA) is 49.4 Å². The van der Waals surface area contributed by atoms with E-state index in [0.29, 0.717) is 13.0 Å². The lowest BCUT2D eigenvalue weighted by atomic mass is 10.1. The van der Waals surface area contributed by atoms with Crippen molar-refractivity contribution in [1.29, 1.82) is 0 Å². The largest absolute Gasteiger partial charge is 0.354 e. The predicted molar refractivity (Wildman–Crippen MR) is 47.0 cm³/mol. The Morgan fingerprint density at radius 1 is 1.31 bits per heavy atom. The van der Waals surface area contributed by atoms with Crippen LogP contribution < -0.4 is 5.32 Å². The van der Waals surface area contributed by atoms with Gasteiger partial charge in [-0.15, -0.1) is 0 Å². The average Bonchev–Trinajstić information content (AvgIpc) is 2.57. The van der Waals surface area contributed by atoms with Gasteiger partial charge in [0, 0.05) is 19.5 Å². The Morgan fingerprint density at radius 3 is 3.00 bits per heavy atom. The standard InChI is InChI=1S/C9H14N2O2/c12-8-4-1-5-10-9(13)7-3-2-6-11(7)8/h7H,1-6H2,(H,10,13)/t7-/m0/s1. The molecule has 0 bridgehead atoms. The Morgan fingerprint density at radius 2 is 2.15 bits per heavy atom. The van der Waals surface area contributed by atoms with E-state index < -0.39 is 0 Å². The normalized spacial score (nSPS) is 29.2. The highest BCUT2D eigenvalue weighted by atomic mass is 16.2. The number of fused-ring (bicyclic) bond motifs is 1. The Balaban J connectivity index is 2.14. The van der Waals surface area contributed by atoms with Crippen molar-refractivity contribution in [2.75, 3.05) is 13.1 Å². The quantitative estimate of drug-likeness (QED) is 0.568. The Bertz CT molecular complexity index is 216.